The average Bonchev–Trinajstić information content (AvgIpc) is 3.27. The number of oxime groups is 1. The fraction of sp³-hybridized carbons (Fsp3) is 0.375. The van der Waals surface area contributed by atoms with Crippen LogP contribution in [0.5, 0.6) is 0 Å². The summed E-state index contributed by atoms with van der Waals surface area (Å²) < 4.78 is 95.6. The highest BCUT2D eigenvalue weighted by molar-refractivity contribution is 7.93. The van der Waals surface area contributed by atoms with Crippen LogP contribution in [0, 0.1) is 6.92 Å². The van der Waals surface area contributed by atoms with Gasteiger partial charge in [0.2, 0.25) is 5.91 Å². The summed E-state index contributed by atoms with van der Waals surface area (Å²) in [5, 5.41) is 5.23. The van der Waals surface area contributed by atoms with Gasteiger partial charge in [-0.2, -0.15) is 30.7 Å². The molecule has 0 aromatic heterocycles. The summed E-state index contributed by atoms with van der Waals surface area (Å²) in [5.74, 6) is -2.42. The molecule has 0 saturated heterocycles. The molecule has 16 heteroatoms. The minimum Gasteiger partial charge on any atom is -0.374 e. The number of hydrogen-bond acceptors (Lipinski definition) is 5. The van der Waals surface area contributed by atoms with Crippen LogP contribution in [-0.2, 0) is 25.0 Å². The maximum absolute atomic E-state index is 14.2. The predicted molar refractivity (Wildman–Crippen MR) is 137 cm³/mol. The largest absolute Gasteiger partial charge is 0.435 e. The molecule has 1 aliphatic rings. The summed E-state index contributed by atoms with van der Waals surface area (Å²) >= 11 is 11.8. The highest BCUT2D eigenvalue weighted by Gasteiger charge is 2.62. The van der Waals surface area contributed by atoms with Crippen molar-refractivity contribution in [2.75, 3.05) is 18.6 Å². The van der Waals surface area contributed by atoms with E-state index in [0.717, 1.165) is 18.4 Å². The highest BCUT2D eigenvalue weighted by atomic mass is 35.5. The molecule has 218 valence electrons. The number of carbonyl (C=O) groups excluding carboxylic acids is 2. The number of benzene rings is 2. The van der Waals surface area contributed by atoms with Gasteiger partial charge < -0.3 is 10.2 Å². The lowest BCUT2D eigenvalue weighted by atomic mass is 9.86. The first-order valence-corrected chi connectivity index (χ1v) is 14.1. The lowest BCUT2D eigenvalue weighted by Gasteiger charge is -2.29. The molecule has 7 nitrogen and oxygen atoms in total. The number of alkyl halides is 6. The first-order chi connectivity index (χ1) is 18.3. The van der Waals surface area contributed by atoms with Crippen LogP contribution in [0.15, 0.2) is 45.9 Å². The molecule has 2 unspecified atom stereocenters. The molecular weight excluding hydrogens is 611 g/mol. The summed E-state index contributed by atoms with van der Waals surface area (Å²) in [4.78, 5) is 29.2. The zero-order chi connectivity index (χ0) is 30.1. The van der Waals surface area contributed by atoms with Crippen LogP contribution < -0.4 is 5.32 Å². The van der Waals surface area contributed by atoms with Gasteiger partial charge in [-0.05, 0) is 48.4 Å². The molecule has 1 aliphatic heterocycles. The predicted octanol–water partition coefficient (Wildman–Crippen LogP) is 6.19. The molecule has 0 radical (unpaired) electrons. The molecule has 2 amide bonds. The number of nitrogens with one attached hydrogen (secondary N) is 1. The van der Waals surface area contributed by atoms with Gasteiger partial charge in [-0.3, -0.25) is 9.59 Å². The van der Waals surface area contributed by atoms with Crippen LogP contribution >= 0.6 is 23.2 Å². The van der Waals surface area contributed by atoms with Gasteiger partial charge in [-0.25, -0.2) is 4.21 Å². The van der Waals surface area contributed by atoms with Gasteiger partial charge in [0.05, 0.1) is 15.4 Å². The van der Waals surface area contributed by atoms with E-state index in [-0.39, 0.29) is 38.0 Å². The van der Waals surface area contributed by atoms with Crippen LogP contribution in [-0.4, -0.2) is 52.6 Å². The van der Waals surface area contributed by atoms with E-state index in [0.29, 0.717) is 0 Å². The SMILES string of the molecule is Cc1cc(C2=NOC(c3cc(Cl)cc(Cl)c3)(C(F)(F)F)C2)ccc1C(=O)N=S(C)(=O)CCC(=O)NCC(F)(F)F. The molecular formula is C24H21Cl2F6N3O4S. The Balaban J connectivity index is 1.78. The second-order valence-electron chi connectivity index (χ2n) is 9.02. The van der Waals surface area contributed by atoms with Crippen LogP contribution in [0.2, 0.25) is 10.0 Å². The Morgan fingerprint density at radius 1 is 1.10 bits per heavy atom. The van der Waals surface area contributed by atoms with Crippen molar-refractivity contribution in [2.45, 2.75) is 37.7 Å². The topological polar surface area (TPSA) is 97.2 Å². The van der Waals surface area contributed by atoms with Crippen molar-refractivity contribution in [3.63, 3.8) is 0 Å². The Hall–Kier alpha value is -2.84. The number of hydrogen-bond donors (Lipinski definition) is 1. The van der Waals surface area contributed by atoms with Crippen molar-refractivity contribution < 1.29 is 45.0 Å². The van der Waals surface area contributed by atoms with Crippen molar-refractivity contribution in [2.24, 2.45) is 9.52 Å². The summed E-state index contributed by atoms with van der Waals surface area (Å²) in [7, 11) is -3.30. The first kappa shape index (κ1) is 31.7. The standard InChI is InChI=1S/C24H21Cl2F6N3O4S/c1-13-7-14(19-11-22(39-34-19,24(30,31)32)15-8-16(25)10-17(26)9-15)3-4-18(13)21(37)35-40(2,38)6-5-20(36)33-12-23(27,28)29/h3-4,7-10H,5-6,11-12H2,1-2H3,(H,33,36). The number of carbonyl (C=O) groups is 2. The highest BCUT2D eigenvalue weighted by Crippen LogP contribution is 2.49. The zero-order valence-corrected chi connectivity index (χ0v) is 23.1. The quantitative estimate of drug-likeness (QED) is 0.369. The van der Waals surface area contributed by atoms with E-state index in [1.54, 1.807) is 5.32 Å². The van der Waals surface area contributed by atoms with Crippen LogP contribution in [0.25, 0.3) is 0 Å². The van der Waals surface area contributed by atoms with Crippen LogP contribution in [0.3, 0.4) is 0 Å². The van der Waals surface area contributed by atoms with Gasteiger partial charge in [0.15, 0.2) is 0 Å². The maximum atomic E-state index is 14.2. The van der Waals surface area contributed by atoms with Gasteiger partial charge in [0.25, 0.3) is 11.5 Å². The van der Waals surface area contributed by atoms with Crippen molar-refractivity contribution in [1.29, 1.82) is 0 Å². The van der Waals surface area contributed by atoms with E-state index in [1.807, 2.05) is 0 Å². The van der Waals surface area contributed by atoms with E-state index < -0.39 is 64.6 Å². The molecule has 1 heterocycles. The fourth-order valence-corrected chi connectivity index (χ4v) is 5.40. The smallest absolute Gasteiger partial charge is 0.374 e. The van der Waals surface area contributed by atoms with Gasteiger partial charge in [-0.15, -0.1) is 0 Å². The minimum absolute atomic E-state index is 0.0249. The van der Waals surface area contributed by atoms with Crippen molar-refractivity contribution in [3.8, 4) is 0 Å². The monoisotopic (exact) mass is 631 g/mol. The van der Waals surface area contributed by atoms with Crippen molar-refractivity contribution in [3.05, 3.63) is 68.7 Å². The summed E-state index contributed by atoms with van der Waals surface area (Å²) in [5.41, 5.74) is -2.81. The van der Waals surface area contributed by atoms with Crippen molar-refractivity contribution in [1.82, 2.24) is 5.32 Å². The van der Waals surface area contributed by atoms with Gasteiger partial charge in [0.1, 0.15) is 6.54 Å². The van der Waals surface area contributed by atoms with E-state index in [1.165, 1.54) is 31.2 Å². The molecule has 0 bridgehead atoms. The van der Waals surface area contributed by atoms with E-state index in [4.69, 9.17) is 28.0 Å². The molecule has 0 spiro atoms. The van der Waals surface area contributed by atoms with Gasteiger partial charge >= 0.3 is 12.4 Å². The third-order valence-corrected chi connectivity index (χ3v) is 7.72. The fourth-order valence-electron chi connectivity index (χ4n) is 3.77. The zero-order valence-electron chi connectivity index (χ0n) is 20.8. The molecule has 2 aromatic carbocycles. The second kappa shape index (κ2) is 11.6. The Labute approximate surface area is 235 Å². The van der Waals surface area contributed by atoms with Crippen LogP contribution in [0.4, 0.5) is 26.3 Å². The number of rotatable bonds is 7. The number of nitrogens with zero attached hydrogens (tertiary/aromatic N) is 2. The van der Waals surface area contributed by atoms with E-state index in [2.05, 4.69) is 9.52 Å². The first-order valence-electron chi connectivity index (χ1n) is 11.3. The molecule has 0 aliphatic carbocycles. The summed E-state index contributed by atoms with van der Waals surface area (Å²) in [6.45, 7) is -0.0793. The normalized spacial score (nSPS) is 18.9. The molecule has 1 N–H and O–H groups in total. The average molecular weight is 632 g/mol. The number of amides is 2. The second-order valence-corrected chi connectivity index (χ2v) is 12.4. The maximum Gasteiger partial charge on any atom is 0.435 e. The molecule has 2 aromatic rings. The molecule has 0 fully saturated rings. The van der Waals surface area contributed by atoms with Crippen molar-refractivity contribution >= 4 is 50.5 Å². The lowest BCUT2D eigenvalue weighted by Crippen LogP contribution is -2.42. The van der Waals surface area contributed by atoms with E-state index in [9.17, 15) is 40.1 Å². The van der Waals surface area contributed by atoms with Crippen LogP contribution in [0.1, 0.15) is 39.9 Å². The van der Waals surface area contributed by atoms with Gasteiger partial charge in [0, 0.05) is 46.0 Å². The van der Waals surface area contributed by atoms with E-state index >= 15 is 0 Å². The Morgan fingerprint density at radius 2 is 1.73 bits per heavy atom. The molecule has 2 atom stereocenters. The molecule has 40 heavy (non-hydrogen) atoms. The molecule has 3 rings (SSSR count). The Morgan fingerprint density at radius 3 is 2.27 bits per heavy atom. The third-order valence-electron chi connectivity index (χ3n) is 5.77. The summed E-state index contributed by atoms with van der Waals surface area (Å²) in [6, 6.07) is 7.39. The van der Waals surface area contributed by atoms with Gasteiger partial charge in [-0.1, -0.05) is 34.4 Å². The minimum atomic E-state index is -4.90. The molecule has 0 saturated carbocycles. The third kappa shape index (κ3) is 7.67. The summed E-state index contributed by atoms with van der Waals surface area (Å²) in [6.07, 6.45) is -9.71. The Kier molecular flexibility index (Phi) is 9.16. The lowest BCUT2D eigenvalue weighted by molar-refractivity contribution is -0.275. The number of aryl methyl sites for hydroxylation is 1. The Bertz CT molecular complexity index is 1470. The number of halogens is 8.